The Balaban J connectivity index is 2.99. The van der Waals surface area contributed by atoms with E-state index in [9.17, 15) is 18.0 Å². The van der Waals surface area contributed by atoms with E-state index < -0.39 is 21.8 Å². The van der Waals surface area contributed by atoms with Crippen LogP contribution in [0.25, 0.3) is 0 Å². The van der Waals surface area contributed by atoms with Crippen LogP contribution in [0.4, 0.5) is 0 Å². The Kier molecular flexibility index (Phi) is 5.26. The summed E-state index contributed by atoms with van der Waals surface area (Å²) in [6, 6.07) is 5.39. The van der Waals surface area contributed by atoms with Gasteiger partial charge in [0.1, 0.15) is 6.04 Å². The van der Waals surface area contributed by atoms with Crippen LogP contribution in [0.1, 0.15) is 12.5 Å². The van der Waals surface area contributed by atoms with Crippen molar-refractivity contribution in [3.05, 3.63) is 29.8 Å². The largest absolute Gasteiger partial charge is 0.467 e. The molecule has 20 heavy (non-hydrogen) atoms. The number of methoxy groups -OCH3 is 1. The second-order valence-electron chi connectivity index (χ2n) is 4.40. The van der Waals surface area contributed by atoms with E-state index >= 15 is 0 Å². The summed E-state index contributed by atoms with van der Waals surface area (Å²) in [4.78, 5) is 22.8. The molecule has 1 aromatic rings. The number of hydrogen-bond donors (Lipinski definition) is 1. The molecule has 110 valence electrons. The number of esters is 1. The van der Waals surface area contributed by atoms with Crippen LogP contribution >= 0.6 is 0 Å². The molecule has 0 aliphatic heterocycles. The van der Waals surface area contributed by atoms with Crippen molar-refractivity contribution < 1.29 is 22.7 Å². The molecule has 0 fully saturated rings. The Labute approximate surface area is 118 Å². The normalized spacial score (nSPS) is 12.6. The molecular weight excluding hydrogens is 282 g/mol. The smallest absolute Gasteiger partial charge is 0.328 e. The van der Waals surface area contributed by atoms with Crippen molar-refractivity contribution >= 4 is 21.7 Å². The average Bonchev–Trinajstić information content (AvgIpc) is 2.36. The van der Waals surface area contributed by atoms with Gasteiger partial charge in [-0.25, -0.2) is 13.2 Å². The number of sulfone groups is 1. The third kappa shape index (κ3) is 4.65. The predicted molar refractivity (Wildman–Crippen MR) is 72.9 cm³/mol. The third-order valence-electron chi connectivity index (χ3n) is 2.63. The van der Waals surface area contributed by atoms with Crippen molar-refractivity contribution in [1.29, 1.82) is 0 Å². The fourth-order valence-corrected chi connectivity index (χ4v) is 2.41. The fourth-order valence-electron chi connectivity index (χ4n) is 1.72. The Morgan fingerprint density at radius 2 is 2.00 bits per heavy atom. The summed E-state index contributed by atoms with van der Waals surface area (Å²) in [6.07, 6.45) is 1.27. The summed E-state index contributed by atoms with van der Waals surface area (Å²) < 4.78 is 27.6. The van der Waals surface area contributed by atoms with Crippen molar-refractivity contribution in [2.75, 3.05) is 13.4 Å². The second-order valence-corrected chi connectivity index (χ2v) is 6.42. The Morgan fingerprint density at radius 3 is 2.50 bits per heavy atom. The van der Waals surface area contributed by atoms with Crippen LogP contribution in [0.5, 0.6) is 0 Å². The number of amides is 1. The van der Waals surface area contributed by atoms with Gasteiger partial charge in [0, 0.05) is 19.6 Å². The van der Waals surface area contributed by atoms with E-state index in [2.05, 4.69) is 10.1 Å². The van der Waals surface area contributed by atoms with E-state index in [1.54, 1.807) is 12.1 Å². The first-order chi connectivity index (χ1) is 9.24. The first-order valence-corrected chi connectivity index (χ1v) is 7.77. The number of nitrogens with one attached hydrogen (secondary N) is 1. The van der Waals surface area contributed by atoms with Gasteiger partial charge in [0.25, 0.3) is 0 Å². The molecular formula is C13H17NO5S. The van der Waals surface area contributed by atoms with Crippen LogP contribution in [0, 0.1) is 0 Å². The Bertz CT molecular complexity index is 609. The highest BCUT2D eigenvalue weighted by molar-refractivity contribution is 7.90. The van der Waals surface area contributed by atoms with E-state index in [-0.39, 0.29) is 17.2 Å². The van der Waals surface area contributed by atoms with Gasteiger partial charge in [-0.3, -0.25) is 4.79 Å². The molecule has 0 aromatic heterocycles. The maximum absolute atomic E-state index is 11.6. The first kappa shape index (κ1) is 16.2. The van der Waals surface area contributed by atoms with Crippen molar-refractivity contribution in [1.82, 2.24) is 5.32 Å². The molecule has 0 saturated heterocycles. The van der Waals surface area contributed by atoms with E-state index in [4.69, 9.17) is 0 Å². The topological polar surface area (TPSA) is 89.5 Å². The van der Waals surface area contributed by atoms with Gasteiger partial charge >= 0.3 is 5.97 Å². The van der Waals surface area contributed by atoms with Crippen molar-refractivity contribution in [2.24, 2.45) is 0 Å². The molecule has 1 rings (SSSR count). The molecule has 6 nitrogen and oxygen atoms in total. The third-order valence-corrected chi connectivity index (χ3v) is 3.74. The molecule has 0 spiro atoms. The molecule has 0 aliphatic carbocycles. The Morgan fingerprint density at radius 1 is 1.35 bits per heavy atom. The molecule has 1 amide bonds. The molecule has 1 unspecified atom stereocenters. The number of ether oxygens (including phenoxy) is 1. The number of hydrogen-bond acceptors (Lipinski definition) is 5. The number of benzene rings is 1. The standard InChI is InChI=1S/C13H17NO5S/c1-9(15)14-12(13(16)19-2)8-10-5-4-6-11(7-10)20(3,17)18/h4-7,12H,8H2,1-3H3,(H,14,15). The van der Waals surface area contributed by atoms with Gasteiger partial charge in [-0.05, 0) is 17.7 Å². The molecule has 0 heterocycles. The van der Waals surface area contributed by atoms with E-state index in [0.29, 0.717) is 5.56 Å². The van der Waals surface area contributed by atoms with E-state index in [0.717, 1.165) is 6.26 Å². The molecule has 1 aromatic carbocycles. The lowest BCUT2D eigenvalue weighted by atomic mass is 10.1. The molecule has 0 aliphatic rings. The molecule has 0 radical (unpaired) electrons. The minimum Gasteiger partial charge on any atom is -0.467 e. The Hall–Kier alpha value is -1.89. The van der Waals surface area contributed by atoms with Gasteiger partial charge in [0.05, 0.1) is 12.0 Å². The lowest BCUT2D eigenvalue weighted by Gasteiger charge is -2.15. The first-order valence-electron chi connectivity index (χ1n) is 5.88. The summed E-state index contributed by atoms with van der Waals surface area (Å²) in [6.45, 7) is 1.29. The van der Waals surface area contributed by atoms with Crippen molar-refractivity contribution in [2.45, 2.75) is 24.3 Å². The molecule has 1 atom stereocenters. The molecule has 0 bridgehead atoms. The van der Waals surface area contributed by atoms with Crippen molar-refractivity contribution in [3.63, 3.8) is 0 Å². The van der Waals surface area contributed by atoms with Crippen LogP contribution in [0.2, 0.25) is 0 Å². The SMILES string of the molecule is COC(=O)C(Cc1cccc(S(C)(=O)=O)c1)NC(C)=O. The summed E-state index contributed by atoms with van der Waals surface area (Å²) >= 11 is 0. The number of carbonyl (C=O) groups is 2. The highest BCUT2D eigenvalue weighted by atomic mass is 32.2. The zero-order valence-electron chi connectivity index (χ0n) is 11.5. The minimum absolute atomic E-state index is 0.162. The van der Waals surface area contributed by atoms with Gasteiger partial charge in [-0.2, -0.15) is 0 Å². The van der Waals surface area contributed by atoms with Crippen LogP contribution < -0.4 is 5.32 Å². The second kappa shape index (κ2) is 6.51. The molecule has 0 saturated carbocycles. The van der Waals surface area contributed by atoms with Crippen LogP contribution in [-0.2, 0) is 30.6 Å². The summed E-state index contributed by atoms with van der Waals surface area (Å²) in [7, 11) is -2.09. The van der Waals surface area contributed by atoms with Gasteiger partial charge < -0.3 is 10.1 Å². The average molecular weight is 299 g/mol. The summed E-state index contributed by atoms with van der Waals surface area (Å²) in [5.41, 5.74) is 0.622. The lowest BCUT2D eigenvalue weighted by molar-refractivity contribution is -0.144. The molecule has 7 heteroatoms. The van der Waals surface area contributed by atoms with Gasteiger partial charge in [0.2, 0.25) is 5.91 Å². The molecule has 1 N–H and O–H groups in total. The minimum atomic E-state index is -3.31. The quantitative estimate of drug-likeness (QED) is 0.790. The summed E-state index contributed by atoms with van der Waals surface area (Å²) in [5.74, 6) is -0.940. The van der Waals surface area contributed by atoms with Gasteiger partial charge in [-0.1, -0.05) is 12.1 Å². The predicted octanol–water partition coefficient (Wildman–Crippen LogP) is 0.310. The van der Waals surface area contributed by atoms with E-state index in [1.165, 1.54) is 26.2 Å². The monoisotopic (exact) mass is 299 g/mol. The highest BCUT2D eigenvalue weighted by Gasteiger charge is 2.21. The zero-order chi connectivity index (χ0) is 15.3. The fraction of sp³-hybridized carbons (Fsp3) is 0.385. The lowest BCUT2D eigenvalue weighted by Crippen LogP contribution is -2.42. The van der Waals surface area contributed by atoms with Crippen LogP contribution in [0.15, 0.2) is 29.2 Å². The number of rotatable bonds is 5. The van der Waals surface area contributed by atoms with Crippen molar-refractivity contribution in [3.8, 4) is 0 Å². The van der Waals surface area contributed by atoms with Gasteiger partial charge in [0.15, 0.2) is 9.84 Å². The van der Waals surface area contributed by atoms with Gasteiger partial charge in [-0.15, -0.1) is 0 Å². The zero-order valence-corrected chi connectivity index (χ0v) is 12.4. The van der Waals surface area contributed by atoms with Crippen LogP contribution in [0.3, 0.4) is 0 Å². The maximum atomic E-state index is 11.6. The van der Waals surface area contributed by atoms with E-state index in [1.807, 2.05) is 0 Å². The van der Waals surface area contributed by atoms with Crippen LogP contribution in [-0.4, -0.2) is 39.7 Å². The highest BCUT2D eigenvalue weighted by Crippen LogP contribution is 2.13. The number of carbonyl (C=O) groups excluding carboxylic acids is 2. The maximum Gasteiger partial charge on any atom is 0.328 e. The summed E-state index contributed by atoms with van der Waals surface area (Å²) in [5, 5.41) is 2.47.